The largest absolute Gasteiger partial charge is 0.373 e. The molecular formula is C19H38ClN3O2. The Morgan fingerprint density at radius 2 is 1.92 bits per heavy atom. The van der Waals surface area contributed by atoms with Crippen molar-refractivity contribution in [2.75, 3.05) is 26.2 Å². The maximum Gasteiger partial charge on any atom is 0.239 e. The van der Waals surface area contributed by atoms with Gasteiger partial charge >= 0.3 is 0 Å². The predicted molar refractivity (Wildman–Crippen MR) is 105 cm³/mol. The van der Waals surface area contributed by atoms with Crippen LogP contribution in [-0.4, -0.2) is 53.7 Å². The van der Waals surface area contributed by atoms with E-state index in [1.165, 1.54) is 19.3 Å². The van der Waals surface area contributed by atoms with Crippen LogP contribution >= 0.6 is 12.4 Å². The van der Waals surface area contributed by atoms with E-state index in [2.05, 4.69) is 31.0 Å². The summed E-state index contributed by atoms with van der Waals surface area (Å²) in [5.74, 6) is -0.0122. The number of halogens is 1. The van der Waals surface area contributed by atoms with Gasteiger partial charge in [-0.05, 0) is 40.0 Å². The summed E-state index contributed by atoms with van der Waals surface area (Å²) in [4.78, 5) is 15.1. The molecular weight excluding hydrogens is 338 g/mol. The molecule has 6 heteroatoms. The molecule has 2 fully saturated rings. The Morgan fingerprint density at radius 1 is 1.28 bits per heavy atom. The first-order chi connectivity index (χ1) is 11.2. The maximum absolute atomic E-state index is 12.6. The molecule has 0 aromatic heterocycles. The topological polar surface area (TPSA) is 67.6 Å². The molecule has 3 N–H and O–H groups in total. The van der Waals surface area contributed by atoms with Crippen molar-refractivity contribution in [3.63, 3.8) is 0 Å². The van der Waals surface area contributed by atoms with Crippen molar-refractivity contribution < 1.29 is 9.53 Å². The Hall–Kier alpha value is -0.360. The Bertz CT molecular complexity index is 434. The number of amides is 1. The Morgan fingerprint density at radius 3 is 2.48 bits per heavy atom. The van der Waals surface area contributed by atoms with Crippen LogP contribution in [0.1, 0.15) is 72.6 Å². The van der Waals surface area contributed by atoms with Gasteiger partial charge in [0.1, 0.15) is 0 Å². The van der Waals surface area contributed by atoms with E-state index >= 15 is 0 Å². The van der Waals surface area contributed by atoms with Gasteiger partial charge in [0.05, 0.1) is 17.7 Å². The minimum absolute atomic E-state index is 0. The number of carbonyl (C=O) groups is 1. The molecule has 1 saturated carbocycles. The molecule has 2 rings (SSSR count). The van der Waals surface area contributed by atoms with Crippen LogP contribution in [-0.2, 0) is 9.53 Å². The predicted octanol–water partition coefficient (Wildman–Crippen LogP) is 2.86. The number of ether oxygens (including phenoxy) is 1. The molecule has 1 heterocycles. The monoisotopic (exact) mass is 375 g/mol. The van der Waals surface area contributed by atoms with E-state index in [0.717, 1.165) is 45.4 Å². The standard InChI is InChI=1S/C19H37N3O2.ClH/c1-5-9-18(4,20)16(23)21-14-19(10-7-6-8-11-19)22-12-13-24-17(2,3)15-22;/h5-15,20H2,1-4H3,(H,21,23);1H. The summed E-state index contributed by atoms with van der Waals surface area (Å²) in [6, 6.07) is 0. The summed E-state index contributed by atoms with van der Waals surface area (Å²) in [5, 5.41) is 3.20. The van der Waals surface area contributed by atoms with Crippen molar-refractivity contribution in [1.29, 1.82) is 0 Å². The van der Waals surface area contributed by atoms with Crippen molar-refractivity contribution in [2.24, 2.45) is 5.73 Å². The average Bonchev–Trinajstić information content (AvgIpc) is 2.52. The second kappa shape index (κ2) is 9.03. The fraction of sp³-hybridized carbons (Fsp3) is 0.947. The molecule has 148 valence electrons. The second-order valence-electron chi connectivity index (χ2n) is 8.66. The zero-order valence-corrected chi connectivity index (χ0v) is 17.3. The van der Waals surface area contributed by atoms with Gasteiger partial charge in [-0.1, -0.05) is 32.6 Å². The van der Waals surface area contributed by atoms with E-state index in [1.807, 2.05) is 6.92 Å². The van der Waals surface area contributed by atoms with Crippen molar-refractivity contribution in [3.8, 4) is 0 Å². The lowest BCUT2D eigenvalue weighted by atomic mass is 9.79. The summed E-state index contributed by atoms with van der Waals surface area (Å²) in [6.45, 7) is 11.6. The van der Waals surface area contributed by atoms with Crippen molar-refractivity contribution in [1.82, 2.24) is 10.2 Å². The molecule has 1 aliphatic heterocycles. The number of nitrogens with one attached hydrogen (secondary N) is 1. The Kier molecular flexibility index (Phi) is 8.19. The number of hydrogen-bond acceptors (Lipinski definition) is 4. The zero-order chi connectivity index (χ0) is 17.8. The van der Waals surface area contributed by atoms with Crippen LogP contribution in [0.25, 0.3) is 0 Å². The maximum atomic E-state index is 12.6. The molecule has 0 radical (unpaired) electrons. The highest BCUT2D eigenvalue weighted by molar-refractivity contribution is 5.85. The molecule has 1 unspecified atom stereocenters. The fourth-order valence-corrected chi connectivity index (χ4v) is 4.32. The summed E-state index contributed by atoms with van der Waals surface area (Å²) >= 11 is 0. The van der Waals surface area contributed by atoms with Crippen molar-refractivity contribution in [3.05, 3.63) is 0 Å². The van der Waals surface area contributed by atoms with E-state index in [4.69, 9.17) is 10.5 Å². The lowest BCUT2D eigenvalue weighted by molar-refractivity contribution is -0.132. The van der Waals surface area contributed by atoms with Gasteiger partial charge in [0.25, 0.3) is 0 Å². The summed E-state index contributed by atoms with van der Waals surface area (Å²) in [6.07, 6.45) is 7.72. The van der Waals surface area contributed by atoms with Gasteiger partial charge in [0.2, 0.25) is 5.91 Å². The molecule has 0 aromatic rings. The quantitative estimate of drug-likeness (QED) is 0.749. The molecule has 1 atom stereocenters. The van der Waals surface area contributed by atoms with Crippen LogP contribution < -0.4 is 11.1 Å². The lowest BCUT2D eigenvalue weighted by Gasteiger charge is -2.51. The summed E-state index contributed by atoms with van der Waals surface area (Å²) in [7, 11) is 0. The van der Waals surface area contributed by atoms with E-state index < -0.39 is 5.54 Å². The first kappa shape index (κ1) is 22.7. The highest BCUT2D eigenvalue weighted by Gasteiger charge is 2.43. The minimum atomic E-state index is -0.769. The third-order valence-electron chi connectivity index (χ3n) is 5.75. The third kappa shape index (κ3) is 5.81. The first-order valence-electron chi connectivity index (χ1n) is 9.67. The molecule has 0 bridgehead atoms. The van der Waals surface area contributed by atoms with Crippen LogP contribution in [0.3, 0.4) is 0 Å². The lowest BCUT2D eigenvalue weighted by Crippen LogP contribution is -2.64. The number of nitrogens with zero attached hydrogens (tertiary/aromatic N) is 1. The van der Waals surface area contributed by atoms with Crippen LogP contribution in [0.2, 0.25) is 0 Å². The number of nitrogens with two attached hydrogens (primary N) is 1. The van der Waals surface area contributed by atoms with Crippen LogP contribution in [0.15, 0.2) is 0 Å². The highest BCUT2D eigenvalue weighted by Crippen LogP contribution is 2.36. The third-order valence-corrected chi connectivity index (χ3v) is 5.75. The number of carbonyl (C=O) groups excluding carboxylic acids is 1. The highest BCUT2D eigenvalue weighted by atomic mass is 35.5. The van der Waals surface area contributed by atoms with Gasteiger partial charge in [-0.15, -0.1) is 12.4 Å². The molecule has 25 heavy (non-hydrogen) atoms. The molecule has 1 amide bonds. The van der Waals surface area contributed by atoms with Gasteiger partial charge in [-0.3, -0.25) is 9.69 Å². The SMILES string of the molecule is CCCC(C)(N)C(=O)NCC1(N2CCOC(C)(C)C2)CCCCC1.Cl. The minimum Gasteiger partial charge on any atom is -0.373 e. The number of rotatable bonds is 6. The van der Waals surface area contributed by atoms with Gasteiger partial charge < -0.3 is 15.8 Å². The molecule has 1 aliphatic carbocycles. The normalized spacial score (nSPS) is 25.5. The zero-order valence-electron chi connectivity index (χ0n) is 16.5. The van der Waals surface area contributed by atoms with Crippen molar-refractivity contribution >= 4 is 18.3 Å². The van der Waals surface area contributed by atoms with Gasteiger partial charge in [-0.25, -0.2) is 0 Å². The summed E-state index contributed by atoms with van der Waals surface area (Å²) < 4.78 is 5.89. The van der Waals surface area contributed by atoms with Gasteiger partial charge in [0.15, 0.2) is 0 Å². The molecule has 2 aliphatic rings. The summed E-state index contributed by atoms with van der Waals surface area (Å²) in [5.41, 5.74) is 5.39. The molecule has 1 saturated heterocycles. The van der Waals surface area contributed by atoms with Crippen LogP contribution in [0.4, 0.5) is 0 Å². The van der Waals surface area contributed by atoms with Crippen molar-refractivity contribution in [2.45, 2.75) is 89.3 Å². The number of morpholine rings is 1. The van der Waals surface area contributed by atoms with E-state index in [0.29, 0.717) is 6.54 Å². The molecule has 0 aromatic carbocycles. The molecule has 5 nitrogen and oxygen atoms in total. The average molecular weight is 376 g/mol. The van der Waals surface area contributed by atoms with Gasteiger partial charge in [-0.2, -0.15) is 0 Å². The smallest absolute Gasteiger partial charge is 0.239 e. The molecule has 0 spiro atoms. The Balaban J connectivity index is 0.00000312. The van der Waals surface area contributed by atoms with E-state index in [-0.39, 0.29) is 29.5 Å². The Labute approximate surface area is 159 Å². The fourth-order valence-electron chi connectivity index (χ4n) is 4.32. The van der Waals surface area contributed by atoms with Crippen LogP contribution in [0.5, 0.6) is 0 Å². The van der Waals surface area contributed by atoms with Gasteiger partial charge in [0, 0.05) is 25.2 Å². The van der Waals surface area contributed by atoms with E-state index in [1.54, 1.807) is 0 Å². The van der Waals surface area contributed by atoms with E-state index in [9.17, 15) is 4.79 Å². The second-order valence-corrected chi connectivity index (χ2v) is 8.66. The number of hydrogen-bond donors (Lipinski definition) is 2. The first-order valence-corrected chi connectivity index (χ1v) is 9.67. The van der Waals surface area contributed by atoms with Crippen LogP contribution in [0, 0.1) is 0 Å².